The van der Waals surface area contributed by atoms with Crippen LogP contribution in [0.3, 0.4) is 0 Å². The molecule has 5 nitrogen and oxygen atoms in total. The van der Waals surface area contributed by atoms with E-state index in [2.05, 4.69) is 10.1 Å². The molecule has 84 valence electrons. The minimum Gasteiger partial charge on any atom is -0.508 e. The molecule has 0 saturated heterocycles. The lowest BCUT2D eigenvalue weighted by Crippen LogP contribution is -1.91. The molecular weight excluding hydrogens is 208 g/mol. The number of rotatable bonds is 4. The van der Waals surface area contributed by atoms with Gasteiger partial charge in [-0.3, -0.25) is 0 Å². The molecule has 0 atom stereocenters. The number of hydrogen-bond donors (Lipinski definition) is 1. The Labute approximate surface area is 92.7 Å². The van der Waals surface area contributed by atoms with Gasteiger partial charge in [0, 0.05) is 12.2 Å². The van der Waals surface area contributed by atoms with Crippen LogP contribution in [0.2, 0.25) is 0 Å². The second kappa shape index (κ2) is 4.76. The van der Waals surface area contributed by atoms with Crippen molar-refractivity contribution in [2.24, 2.45) is 0 Å². The Balaban J connectivity index is 2.15. The largest absolute Gasteiger partial charge is 0.508 e. The van der Waals surface area contributed by atoms with Crippen molar-refractivity contribution in [3.05, 3.63) is 30.2 Å². The van der Waals surface area contributed by atoms with Crippen molar-refractivity contribution in [3.8, 4) is 17.1 Å². The van der Waals surface area contributed by atoms with Crippen LogP contribution in [0.15, 0.2) is 28.8 Å². The van der Waals surface area contributed by atoms with Gasteiger partial charge in [-0.15, -0.1) is 0 Å². The summed E-state index contributed by atoms with van der Waals surface area (Å²) in [6.07, 6.45) is 0. The van der Waals surface area contributed by atoms with Crippen LogP contribution >= 0.6 is 0 Å². The molecule has 0 amide bonds. The first-order chi connectivity index (χ1) is 7.79. The molecule has 1 aromatic heterocycles. The zero-order chi connectivity index (χ0) is 11.4. The van der Waals surface area contributed by atoms with Gasteiger partial charge >= 0.3 is 0 Å². The minimum atomic E-state index is 0.210. The van der Waals surface area contributed by atoms with Gasteiger partial charge in [0.25, 0.3) is 5.89 Å². The lowest BCUT2D eigenvalue weighted by atomic mass is 10.2. The highest BCUT2D eigenvalue weighted by Crippen LogP contribution is 2.18. The normalized spacial score (nSPS) is 10.6. The lowest BCUT2D eigenvalue weighted by molar-refractivity contribution is 0.109. The maximum absolute atomic E-state index is 9.14. The third-order valence-corrected chi connectivity index (χ3v) is 2.02. The summed E-state index contributed by atoms with van der Waals surface area (Å²) in [4.78, 5) is 4.16. The third-order valence-electron chi connectivity index (χ3n) is 2.02. The summed E-state index contributed by atoms with van der Waals surface area (Å²) in [5, 5.41) is 13.0. The molecule has 2 aromatic rings. The first kappa shape index (κ1) is 10.6. The van der Waals surface area contributed by atoms with Gasteiger partial charge in [-0.2, -0.15) is 4.98 Å². The highest BCUT2D eigenvalue weighted by atomic mass is 16.5. The monoisotopic (exact) mass is 220 g/mol. The van der Waals surface area contributed by atoms with E-state index in [1.165, 1.54) is 0 Å². The van der Waals surface area contributed by atoms with E-state index in [0.29, 0.717) is 24.9 Å². The first-order valence-electron chi connectivity index (χ1n) is 4.99. The van der Waals surface area contributed by atoms with Crippen molar-refractivity contribution in [1.29, 1.82) is 0 Å². The number of hydrogen-bond acceptors (Lipinski definition) is 5. The van der Waals surface area contributed by atoms with Crippen LogP contribution in [0.5, 0.6) is 5.75 Å². The molecule has 2 rings (SSSR count). The van der Waals surface area contributed by atoms with Crippen molar-refractivity contribution >= 4 is 0 Å². The zero-order valence-electron chi connectivity index (χ0n) is 8.88. The predicted octanol–water partition coefficient (Wildman–Crippen LogP) is 1.98. The smallest absolute Gasteiger partial charge is 0.252 e. The van der Waals surface area contributed by atoms with Gasteiger partial charge in [-0.05, 0) is 31.2 Å². The van der Waals surface area contributed by atoms with Gasteiger partial charge in [0.2, 0.25) is 5.82 Å². The number of ether oxygens (including phenoxy) is 1. The average molecular weight is 220 g/mol. The topological polar surface area (TPSA) is 68.4 Å². The average Bonchev–Trinajstić information content (AvgIpc) is 2.76. The molecule has 0 unspecified atom stereocenters. The zero-order valence-corrected chi connectivity index (χ0v) is 8.88. The van der Waals surface area contributed by atoms with Crippen LogP contribution in [0.25, 0.3) is 11.4 Å². The van der Waals surface area contributed by atoms with Gasteiger partial charge in [0.05, 0.1) is 0 Å². The summed E-state index contributed by atoms with van der Waals surface area (Å²) in [5.74, 6) is 1.15. The number of aromatic hydroxyl groups is 1. The molecule has 0 spiro atoms. The number of nitrogens with zero attached hydrogens (tertiary/aromatic N) is 2. The van der Waals surface area contributed by atoms with Crippen LogP contribution in [0, 0.1) is 0 Å². The molecule has 1 N–H and O–H groups in total. The third kappa shape index (κ3) is 2.38. The molecule has 1 heterocycles. The van der Waals surface area contributed by atoms with Gasteiger partial charge in [0.1, 0.15) is 12.4 Å². The second-order valence-electron chi connectivity index (χ2n) is 3.20. The minimum absolute atomic E-state index is 0.210. The molecule has 0 fully saturated rings. The Morgan fingerprint density at radius 3 is 2.75 bits per heavy atom. The molecule has 0 bridgehead atoms. The highest BCUT2D eigenvalue weighted by molar-refractivity contribution is 5.55. The lowest BCUT2D eigenvalue weighted by Gasteiger charge is -1.94. The summed E-state index contributed by atoms with van der Waals surface area (Å²) in [6.45, 7) is 2.83. The molecule has 16 heavy (non-hydrogen) atoms. The van der Waals surface area contributed by atoms with Crippen molar-refractivity contribution in [1.82, 2.24) is 10.1 Å². The van der Waals surface area contributed by atoms with Crippen LogP contribution in [0.1, 0.15) is 12.8 Å². The Bertz CT molecular complexity index is 451. The van der Waals surface area contributed by atoms with Crippen LogP contribution in [-0.4, -0.2) is 21.9 Å². The molecular formula is C11H12N2O3. The van der Waals surface area contributed by atoms with E-state index in [9.17, 15) is 0 Å². The molecule has 0 aliphatic carbocycles. The Kier molecular flexibility index (Phi) is 3.16. The molecule has 0 aliphatic rings. The number of phenols is 1. The Hall–Kier alpha value is -1.88. The summed E-state index contributed by atoms with van der Waals surface area (Å²) < 4.78 is 10.2. The maximum atomic E-state index is 9.14. The number of phenolic OH excluding ortho intramolecular Hbond substituents is 1. The maximum Gasteiger partial charge on any atom is 0.252 e. The van der Waals surface area contributed by atoms with Crippen LogP contribution in [-0.2, 0) is 11.3 Å². The highest BCUT2D eigenvalue weighted by Gasteiger charge is 2.07. The fraction of sp³-hybridized carbons (Fsp3) is 0.273. The summed E-state index contributed by atoms with van der Waals surface area (Å²) in [6, 6.07) is 6.61. The molecule has 5 heteroatoms. The fourth-order valence-corrected chi connectivity index (χ4v) is 1.23. The summed E-state index contributed by atoms with van der Waals surface area (Å²) in [5.41, 5.74) is 0.796. The molecule has 0 aliphatic heterocycles. The molecule has 1 aromatic carbocycles. The van der Waals surface area contributed by atoms with Gasteiger partial charge in [-0.1, -0.05) is 5.16 Å². The van der Waals surface area contributed by atoms with E-state index in [0.717, 1.165) is 5.56 Å². The molecule has 0 radical (unpaired) electrons. The first-order valence-corrected chi connectivity index (χ1v) is 4.99. The van der Waals surface area contributed by atoms with E-state index >= 15 is 0 Å². The van der Waals surface area contributed by atoms with E-state index < -0.39 is 0 Å². The summed E-state index contributed by atoms with van der Waals surface area (Å²) >= 11 is 0. The fourth-order valence-electron chi connectivity index (χ4n) is 1.23. The van der Waals surface area contributed by atoms with Gasteiger partial charge < -0.3 is 14.4 Å². The quantitative estimate of drug-likeness (QED) is 0.853. The molecule has 0 saturated carbocycles. The second-order valence-corrected chi connectivity index (χ2v) is 3.20. The van der Waals surface area contributed by atoms with E-state index in [1.807, 2.05) is 6.92 Å². The standard InChI is InChI=1S/C11H12N2O3/c1-2-15-7-10-12-11(13-16-10)8-3-5-9(14)6-4-8/h3-6,14H,2,7H2,1H3. The Morgan fingerprint density at radius 1 is 1.31 bits per heavy atom. The predicted molar refractivity (Wildman–Crippen MR) is 56.7 cm³/mol. The number of aromatic nitrogens is 2. The van der Waals surface area contributed by atoms with E-state index in [1.54, 1.807) is 24.3 Å². The van der Waals surface area contributed by atoms with Crippen molar-refractivity contribution < 1.29 is 14.4 Å². The van der Waals surface area contributed by atoms with Crippen molar-refractivity contribution in [2.75, 3.05) is 6.61 Å². The van der Waals surface area contributed by atoms with Crippen molar-refractivity contribution in [3.63, 3.8) is 0 Å². The van der Waals surface area contributed by atoms with Crippen LogP contribution < -0.4 is 0 Å². The Morgan fingerprint density at radius 2 is 2.06 bits per heavy atom. The van der Waals surface area contributed by atoms with Gasteiger partial charge in [0.15, 0.2) is 0 Å². The van der Waals surface area contributed by atoms with Crippen molar-refractivity contribution in [2.45, 2.75) is 13.5 Å². The number of benzene rings is 1. The van der Waals surface area contributed by atoms with E-state index in [-0.39, 0.29) is 5.75 Å². The van der Waals surface area contributed by atoms with Gasteiger partial charge in [-0.25, -0.2) is 0 Å². The SMILES string of the molecule is CCOCc1nc(-c2ccc(O)cc2)no1. The van der Waals surface area contributed by atoms with E-state index in [4.69, 9.17) is 14.4 Å². The van der Waals surface area contributed by atoms with Crippen LogP contribution in [0.4, 0.5) is 0 Å². The summed E-state index contributed by atoms with van der Waals surface area (Å²) in [7, 11) is 0.